The molecular weight excluding hydrogens is 713 g/mol. The van der Waals surface area contributed by atoms with Gasteiger partial charge in [0.15, 0.2) is 0 Å². The van der Waals surface area contributed by atoms with Crippen LogP contribution in [0, 0.1) is 0 Å². The van der Waals surface area contributed by atoms with Crippen LogP contribution in [0.15, 0.2) is 69.3 Å². The average molecular weight is 755 g/mol. The van der Waals surface area contributed by atoms with Crippen LogP contribution in [0.25, 0.3) is 0 Å². The van der Waals surface area contributed by atoms with Gasteiger partial charge in [-0.15, -0.1) is 0 Å². The molecular formula is C32H42N4O11S3. The third kappa shape index (κ3) is 8.79. The van der Waals surface area contributed by atoms with Gasteiger partial charge in [-0.25, -0.2) is 30.0 Å². The Hall–Kier alpha value is -4.10. The highest BCUT2D eigenvalue weighted by Gasteiger charge is 2.29. The Balaban J connectivity index is 0.000000263. The number of carboxylic acids is 1. The number of nitrogen functional groups attached to an aromatic ring is 1. The summed E-state index contributed by atoms with van der Waals surface area (Å²) in [6.45, 7) is 1.98. The summed E-state index contributed by atoms with van der Waals surface area (Å²) in [6, 6.07) is 11.9. The number of carboxylic acid groups (broad SMARTS) is 1. The second-order valence-electron chi connectivity index (χ2n) is 11.5. The SMILES string of the molecule is COc1ccc(S(=O)(=O)N2CCCCC2)cc1N.COc1ccc(S(=O)(=O)N2CCCCC2)cc1NS(=O)(=O)c1cc(C(=O)O)ccc1OC. The molecule has 4 N–H and O–H groups in total. The number of carbonyl (C=O) groups is 1. The van der Waals surface area contributed by atoms with E-state index in [1.54, 1.807) is 12.1 Å². The lowest BCUT2D eigenvalue weighted by atomic mass is 10.2. The van der Waals surface area contributed by atoms with E-state index in [9.17, 15) is 35.2 Å². The molecule has 15 nitrogen and oxygen atoms in total. The number of aromatic carboxylic acids is 1. The smallest absolute Gasteiger partial charge is 0.335 e. The van der Waals surface area contributed by atoms with Crippen LogP contribution < -0.4 is 24.7 Å². The third-order valence-electron chi connectivity index (χ3n) is 8.22. The molecule has 0 unspecified atom stereocenters. The fourth-order valence-electron chi connectivity index (χ4n) is 5.53. The minimum Gasteiger partial charge on any atom is -0.495 e. The molecule has 2 saturated heterocycles. The highest BCUT2D eigenvalue weighted by molar-refractivity contribution is 7.93. The Kier molecular flexibility index (Phi) is 12.6. The average Bonchev–Trinajstić information content (AvgIpc) is 3.12. The zero-order chi connectivity index (χ0) is 36.7. The van der Waals surface area contributed by atoms with Gasteiger partial charge < -0.3 is 25.1 Å². The van der Waals surface area contributed by atoms with E-state index in [2.05, 4.69) is 4.72 Å². The van der Waals surface area contributed by atoms with Crippen LogP contribution in [0.2, 0.25) is 0 Å². The summed E-state index contributed by atoms with van der Waals surface area (Å²) in [5.41, 5.74) is 5.74. The number of nitrogens with zero attached hydrogens (tertiary/aromatic N) is 2. The van der Waals surface area contributed by atoms with E-state index in [-0.39, 0.29) is 32.5 Å². The lowest BCUT2D eigenvalue weighted by Crippen LogP contribution is -2.35. The molecule has 18 heteroatoms. The molecule has 50 heavy (non-hydrogen) atoms. The number of piperidine rings is 2. The number of anilines is 2. The maximum Gasteiger partial charge on any atom is 0.335 e. The van der Waals surface area contributed by atoms with E-state index < -0.39 is 40.9 Å². The van der Waals surface area contributed by atoms with Gasteiger partial charge in [0.25, 0.3) is 10.0 Å². The number of benzene rings is 3. The third-order valence-corrected chi connectivity index (χ3v) is 13.4. The first-order valence-corrected chi connectivity index (χ1v) is 20.1. The van der Waals surface area contributed by atoms with E-state index in [0.717, 1.165) is 44.6 Å². The van der Waals surface area contributed by atoms with Gasteiger partial charge in [0.05, 0.1) is 48.1 Å². The highest BCUT2D eigenvalue weighted by atomic mass is 32.2. The Morgan fingerprint density at radius 3 is 1.58 bits per heavy atom. The van der Waals surface area contributed by atoms with Gasteiger partial charge in [-0.05, 0) is 80.3 Å². The summed E-state index contributed by atoms with van der Waals surface area (Å²) < 4.78 is 97.4. The molecule has 0 aromatic heterocycles. The second-order valence-corrected chi connectivity index (χ2v) is 17.0. The van der Waals surface area contributed by atoms with Crippen molar-refractivity contribution in [2.24, 2.45) is 0 Å². The summed E-state index contributed by atoms with van der Waals surface area (Å²) in [5, 5.41) is 9.21. The lowest BCUT2D eigenvalue weighted by molar-refractivity contribution is 0.0696. The monoisotopic (exact) mass is 754 g/mol. The van der Waals surface area contributed by atoms with Crippen molar-refractivity contribution in [1.29, 1.82) is 0 Å². The predicted molar refractivity (Wildman–Crippen MR) is 186 cm³/mol. The number of ether oxygens (including phenoxy) is 3. The van der Waals surface area contributed by atoms with Gasteiger partial charge in [-0.1, -0.05) is 12.8 Å². The number of nitrogens with two attached hydrogens (primary N) is 1. The number of nitrogens with one attached hydrogen (secondary N) is 1. The topological polar surface area (TPSA) is 212 Å². The first-order valence-electron chi connectivity index (χ1n) is 15.7. The van der Waals surface area contributed by atoms with Crippen molar-refractivity contribution in [2.45, 2.75) is 53.2 Å². The maximum absolute atomic E-state index is 13.1. The van der Waals surface area contributed by atoms with Crippen molar-refractivity contribution in [2.75, 3.05) is 58.0 Å². The molecule has 2 heterocycles. The number of hydrogen-bond acceptors (Lipinski definition) is 11. The Labute approximate surface area is 293 Å². The standard InChI is InChI=1S/C20H24N2O8S2.C12H18N2O3S/c1-29-17-9-7-15(32(27,28)22-10-4-3-5-11-22)13-16(17)21-31(25,26)19-12-14(20(23)24)6-8-18(19)30-2;1-17-12-6-5-10(9-11(12)13)18(15,16)14-7-3-2-4-8-14/h6-9,12-13,21H,3-5,10-11H2,1-2H3,(H,23,24);5-6,9H,2-4,7-8,13H2,1H3. The quantitative estimate of drug-likeness (QED) is 0.239. The minimum atomic E-state index is -4.36. The van der Waals surface area contributed by atoms with Gasteiger partial charge in [-0.3, -0.25) is 4.72 Å². The molecule has 3 aromatic carbocycles. The molecule has 5 rings (SSSR count). The van der Waals surface area contributed by atoms with Crippen molar-refractivity contribution in [3.8, 4) is 17.2 Å². The van der Waals surface area contributed by atoms with Crippen LogP contribution in [0.3, 0.4) is 0 Å². The van der Waals surface area contributed by atoms with Crippen LogP contribution in [0.1, 0.15) is 48.9 Å². The van der Waals surface area contributed by atoms with E-state index >= 15 is 0 Å². The van der Waals surface area contributed by atoms with Gasteiger partial charge in [0.1, 0.15) is 22.1 Å². The molecule has 0 saturated carbocycles. The van der Waals surface area contributed by atoms with Crippen molar-refractivity contribution in [3.63, 3.8) is 0 Å². The van der Waals surface area contributed by atoms with E-state index in [1.807, 2.05) is 0 Å². The van der Waals surface area contributed by atoms with E-state index in [1.165, 1.54) is 66.3 Å². The Bertz CT molecular complexity index is 2010. The number of hydrogen-bond donors (Lipinski definition) is 3. The molecule has 0 bridgehead atoms. The summed E-state index contributed by atoms with van der Waals surface area (Å²) in [7, 11) is -7.52. The number of sulfonamides is 3. The zero-order valence-corrected chi connectivity index (χ0v) is 30.4. The molecule has 3 aromatic rings. The fraction of sp³-hybridized carbons (Fsp3) is 0.406. The van der Waals surface area contributed by atoms with Crippen LogP contribution >= 0.6 is 0 Å². The summed E-state index contributed by atoms with van der Waals surface area (Å²) in [5.74, 6) is -0.790. The molecule has 0 radical (unpaired) electrons. The molecule has 0 amide bonds. The first-order chi connectivity index (χ1) is 23.6. The summed E-state index contributed by atoms with van der Waals surface area (Å²) in [6.07, 6.45) is 5.41. The Morgan fingerprint density at radius 2 is 1.12 bits per heavy atom. The number of rotatable bonds is 11. The molecule has 274 valence electrons. The summed E-state index contributed by atoms with van der Waals surface area (Å²) >= 11 is 0. The Morgan fingerprint density at radius 1 is 0.660 bits per heavy atom. The molecule has 2 aliphatic rings. The highest BCUT2D eigenvalue weighted by Crippen LogP contribution is 2.34. The lowest BCUT2D eigenvalue weighted by Gasteiger charge is -2.26. The zero-order valence-electron chi connectivity index (χ0n) is 28.0. The van der Waals surface area contributed by atoms with Gasteiger partial charge >= 0.3 is 5.97 Å². The van der Waals surface area contributed by atoms with Crippen molar-refractivity contribution in [3.05, 3.63) is 60.2 Å². The van der Waals surface area contributed by atoms with Gasteiger partial charge in [0, 0.05) is 26.2 Å². The van der Waals surface area contributed by atoms with E-state index in [4.69, 9.17) is 19.9 Å². The maximum atomic E-state index is 13.1. The van der Waals surface area contributed by atoms with Gasteiger partial charge in [0.2, 0.25) is 20.0 Å². The van der Waals surface area contributed by atoms with E-state index in [0.29, 0.717) is 37.6 Å². The molecule has 0 aliphatic carbocycles. The minimum absolute atomic E-state index is 0.0708. The predicted octanol–water partition coefficient (Wildman–Crippen LogP) is 3.83. The molecule has 2 aliphatic heterocycles. The van der Waals surface area contributed by atoms with Crippen LogP contribution in [-0.4, -0.2) is 92.4 Å². The summed E-state index contributed by atoms with van der Waals surface area (Å²) in [4.78, 5) is 11.0. The largest absolute Gasteiger partial charge is 0.495 e. The first kappa shape index (κ1) is 38.7. The molecule has 2 fully saturated rings. The number of methoxy groups -OCH3 is 3. The van der Waals surface area contributed by atoms with Crippen molar-refractivity contribution >= 4 is 47.4 Å². The fourth-order valence-corrected chi connectivity index (χ4v) is 9.88. The normalized spacial score (nSPS) is 16.1. The molecule has 0 spiro atoms. The van der Waals surface area contributed by atoms with Crippen LogP contribution in [-0.2, 0) is 30.1 Å². The van der Waals surface area contributed by atoms with Crippen molar-refractivity contribution < 1.29 is 49.4 Å². The second kappa shape index (κ2) is 16.3. The molecule has 0 atom stereocenters. The van der Waals surface area contributed by atoms with Crippen LogP contribution in [0.4, 0.5) is 11.4 Å². The van der Waals surface area contributed by atoms with Crippen LogP contribution in [0.5, 0.6) is 17.2 Å². The van der Waals surface area contributed by atoms with Gasteiger partial charge in [-0.2, -0.15) is 8.61 Å². The van der Waals surface area contributed by atoms with Crippen molar-refractivity contribution in [1.82, 2.24) is 8.61 Å².